The molecule has 1 aliphatic rings. The summed E-state index contributed by atoms with van der Waals surface area (Å²) in [5, 5.41) is 18.0. The molecule has 1 fully saturated rings. The molecule has 2 nitrogen and oxygen atoms in total. The molecule has 78 valence electrons. The molecule has 1 unspecified atom stereocenters. The van der Waals surface area contributed by atoms with Gasteiger partial charge in [-0.3, -0.25) is 0 Å². The van der Waals surface area contributed by atoms with E-state index in [1.165, 1.54) is 32.1 Å². The highest BCUT2D eigenvalue weighted by molar-refractivity contribution is 4.73. The van der Waals surface area contributed by atoms with Gasteiger partial charge in [0.15, 0.2) is 0 Å². The van der Waals surface area contributed by atoms with Crippen molar-refractivity contribution in [3.63, 3.8) is 0 Å². The first-order valence-corrected chi connectivity index (χ1v) is 5.60. The van der Waals surface area contributed by atoms with Crippen LogP contribution in [0.5, 0.6) is 0 Å². The van der Waals surface area contributed by atoms with Gasteiger partial charge in [-0.2, -0.15) is 0 Å². The zero-order chi connectivity index (χ0) is 9.52. The summed E-state index contributed by atoms with van der Waals surface area (Å²) in [5.74, 6) is 1.18. The van der Waals surface area contributed by atoms with Gasteiger partial charge >= 0.3 is 0 Å². The van der Waals surface area contributed by atoms with E-state index in [-0.39, 0.29) is 6.61 Å². The molecule has 0 aromatic heterocycles. The van der Waals surface area contributed by atoms with Gasteiger partial charge in [-0.15, -0.1) is 0 Å². The molecule has 0 aliphatic heterocycles. The van der Waals surface area contributed by atoms with Gasteiger partial charge in [-0.05, 0) is 24.7 Å². The predicted molar refractivity (Wildman–Crippen MR) is 53.5 cm³/mol. The van der Waals surface area contributed by atoms with Gasteiger partial charge in [0, 0.05) is 13.2 Å². The quantitative estimate of drug-likeness (QED) is 0.689. The van der Waals surface area contributed by atoms with Crippen LogP contribution in [0.1, 0.15) is 44.9 Å². The predicted octanol–water partition coefficient (Wildman–Crippen LogP) is 1.95. The minimum absolute atomic E-state index is 0.267. The van der Waals surface area contributed by atoms with Crippen molar-refractivity contribution < 1.29 is 10.2 Å². The summed E-state index contributed by atoms with van der Waals surface area (Å²) in [6.07, 6.45) is 8.46. The third-order valence-electron chi connectivity index (χ3n) is 3.28. The molecule has 0 aromatic rings. The highest BCUT2D eigenvalue weighted by atomic mass is 16.3. The van der Waals surface area contributed by atoms with E-state index in [9.17, 15) is 5.11 Å². The monoisotopic (exact) mass is 186 g/mol. The molecule has 1 aliphatic carbocycles. The summed E-state index contributed by atoms with van der Waals surface area (Å²) in [7, 11) is 0. The topological polar surface area (TPSA) is 40.5 Å². The van der Waals surface area contributed by atoms with Crippen molar-refractivity contribution in [2.75, 3.05) is 13.2 Å². The van der Waals surface area contributed by atoms with Crippen LogP contribution >= 0.6 is 0 Å². The van der Waals surface area contributed by atoms with E-state index < -0.39 is 0 Å². The average molecular weight is 186 g/mol. The van der Waals surface area contributed by atoms with Gasteiger partial charge < -0.3 is 10.2 Å². The Kier molecular flexibility index (Phi) is 5.40. The maximum absolute atomic E-state index is 9.22. The highest BCUT2D eigenvalue weighted by Crippen LogP contribution is 2.31. The Balaban J connectivity index is 2.26. The van der Waals surface area contributed by atoms with Crippen LogP contribution in [-0.2, 0) is 0 Å². The maximum atomic E-state index is 9.22. The van der Waals surface area contributed by atoms with E-state index in [2.05, 4.69) is 0 Å². The largest absolute Gasteiger partial charge is 0.396 e. The van der Waals surface area contributed by atoms with Crippen LogP contribution in [0.4, 0.5) is 0 Å². The van der Waals surface area contributed by atoms with E-state index in [0.717, 1.165) is 18.8 Å². The number of hydrogen-bond acceptors (Lipinski definition) is 2. The molecule has 1 saturated carbocycles. The van der Waals surface area contributed by atoms with Crippen molar-refractivity contribution in [1.82, 2.24) is 0 Å². The fraction of sp³-hybridized carbons (Fsp3) is 1.00. The summed E-state index contributed by atoms with van der Waals surface area (Å²) < 4.78 is 0. The molecule has 13 heavy (non-hydrogen) atoms. The highest BCUT2D eigenvalue weighted by Gasteiger charge is 2.22. The molecule has 0 bridgehead atoms. The molecular weight excluding hydrogens is 164 g/mol. The van der Waals surface area contributed by atoms with Crippen LogP contribution in [0.15, 0.2) is 0 Å². The Bertz CT molecular complexity index is 119. The molecule has 0 radical (unpaired) electrons. The van der Waals surface area contributed by atoms with E-state index in [1.54, 1.807) is 0 Å². The maximum Gasteiger partial charge on any atom is 0.0461 e. The Labute approximate surface area is 81.0 Å². The third-order valence-corrected chi connectivity index (χ3v) is 3.28. The standard InChI is InChI=1S/C11H22O2/c12-8-4-7-11(9-13)10-5-2-1-3-6-10/h10-13H,1-9H2. The van der Waals surface area contributed by atoms with Gasteiger partial charge in [-0.25, -0.2) is 0 Å². The fourth-order valence-corrected chi connectivity index (χ4v) is 2.44. The smallest absolute Gasteiger partial charge is 0.0461 e. The van der Waals surface area contributed by atoms with E-state index in [0.29, 0.717) is 12.5 Å². The minimum Gasteiger partial charge on any atom is -0.396 e. The lowest BCUT2D eigenvalue weighted by atomic mass is 9.78. The van der Waals surface area contributed by atoms with Crippen molar-refractivity contribution in [2.45, 2.75) is 44.9 Å². The average Bonchev–Trinajstić information content (AvgIpc) is 2.21. The normalized spacial score (nSPS) is 21.7. The van der Waals surface area contributed by atoms with Crippen molar-refractivity contribution in [2.24, 2.45) is 11.8 Å². The van der Waals surface area contributed by atoms with Crippen LogP contribution in [0.25, 0.3) is 0 Å². The van der Waals surface area contributed by atoms with Gasteiger partial charge in [0.25, 0.3) is 0 Å². The van der Waals surface area contributed by atoms with Crippen molar-refractivity contribution in [3.05, 3.63) is 0 Å². The second-order valence-corrected chi connectivity index (χ2v) is 4.21. The first-order valence-electron chi connectivity index (χ1n) is 5.60. The minimum atomic E-state index is 0.267. The lowest BCUT2D eigenvalue weighted by Crippen LogP contribution is -2.21. The van der Waals surface area contributed by atoms with Gasteiger partial charge in [-0.1, -0.05) is 32.1 Å². The Morgan fingerprint density at radius 3 is 2.31 bits per heavy atom. The fourth-order valence-electron chi connectivity index (χ4n) is 2.44. The molecule has 0 saturated heterocycles. The summed E-state index contributed by atoms with van der Waals surface area (Å²) in [5.41, 5.74) is 0. The SMILES string of the molecule is OCCCC(CO)C1CCCCC1. The Morgan fingerprint density at radius 1 is 1.08 bits per heavy atom. The first-order chi connectivity index (χ1) is 6.38. The molecule has 1 rings (SSSR count). The van der Waals surface area contributed by atoms with Crippen LogP contribution in [-0.4, -0.2) is 23.4 Å². The number of aliphatic hydroxyl groups is 2. The van der Waals surface area contributed by atoms with Gasteiger partial charge in [0.05, 0.1) is 0 Å². The first kappa shape index (κ1) is 11.0. The van der Waals surface area contributed by atoms with E-state index in [1.807, 2.05) is 0 Å². The summed E-state index contributed by atoms with van der Waals surface area (Å²) in [6, 6.07) is 0. The molecule has 0 amide bonds. The van der Waals surface area contributed by atoms with Crippen molar-refractivity contribution in [3.8, 4) is 0 Å². The van der Waals surface area contributed by atoms with Crippen LogP contribution in [0.2, 0.25) is 0 Å². The number of rotatable bonds is 5. The van der Waals surface area contributed by atoms with Gasteiger partial charge in [0.2, 0.25) is 0 Å². The molecule has 0 spiro atoms. The second kappa shape index (κ2) is 6.39. The molecule has 2 N–H and O–H groups in total. The Hall–Kier alpha value is -0.0800. The van der Waals surface area contributed by atoms with Crippen molar-refractivity contribution in [1.29, 1.82) is 0 Å². The number of hydrogen-bond donors (Lipinski definition) is 2. The lowest BCUT2D eigenvalue weighted by molar-refractivity contribution is 0.131. The molecule has 1 atom stereocenters. The third kappa shape index (κ3) is 3.65. The molecule has 0 heterocycles. The number of aliphatic hydroxyl groups excluding tert-OH is 2. The van der Waals surface area contributed by atoms with Crippen LogP contribution < -0.4 is 0 Å². The summed E-state index contributed by atoms with van der Waals surface area (Å²) in [4.78, 5) is 0. The lowest BCUT2D eigenvalue weighted by Gasteiger charge is -2.28. The van der Waals surface area contributed by atoms with Gasteiger partial charge in [0.1, 0.15) is 0 Å². The zero-order valence-corrected chi connectivity index (χ0v) is 8.41. The molecular formula is C11H22O2. The van der Waals surface area contributed by atoms with E-state index in [4.69, 9.17) is 5.11 Å². The van der Waals surface area contributed by atoms with E-state index >= 15 is 0 Å². The molecule has 2 heteroatoms. The second-order valence-electron chi connectivity index (χ2n) is 4.21. The summed E-state index contributed by atoms with van der Waals surface area (Å²) >= 11 is 0. The van der Waals surface area contributed by atoms with Crippen LogP contribution in [0, 0.1) is 11.8 Å². The van der Waals surface area contributed by atoms with Crippen LogP contribution in [0.3, 0.4) is 0 Å². The van der Waals surface area contributed by atoms with Crippen molar-refractivity contribution >= 4 is 0 Å². The molecule has 0 aromatic carbocycles. The Morgan fingerprint density at radius 2 is 1.77 bits per heavy atom. The summed E-state index contributed by atoms with van der Waals surface area (Å²) in [6.45, 7) is 0.577. The zero-order valence-electron chi connectivity index (χ0n) is 8.41.